The number of non-ortho nitro benzene ring substituents is 1. The van der Waals surface area contributed by atoms with E-state index in [1.807, 2.05) is 0 Å². The van der Waals surface area contributed by atoms with Crippen molar-refractivity contribution in [1.82, 2.24) is 0 Å². The molecule has 0 heterocycles. The maximum atomic E-state index is 12.6. The standard InChI is InChI=1S/C16H16N2O5S/c1-3-11-23-15-9-7-13(8-10-15)17(2)24(21,22)16-6-4-5-14(12-16)18(19)20/h3-10,12H,1,11H2,2H3. The van der Waals surface area contributed by atoms with Gasteiger partial charge < -0.3 is 4.74 Å². The van der Waals surface area contributed by atoms with Crippen LogP contribution in [0, 0.1) is 10.1 Å². The molecule has 0 N–H and O–H groups in total. The Kier molecular flexibility index (Phi) is 5.20. The summed E-state index contributed by atoms with van der Waals surface area (Å²) in [7, 11) is -2.52. The summed E-state index contributed by atoms with van der Waals surface area (Å²) in [6, 6.07) is 11.4. The minimum atomic E-state index is -3.91. The lowest BCUT2D eigenvalue weighted by atomic mass is 10.3. The van der Waals surface area contributed by atoms with Crippen molar-refractivity contribution in [2.24, 2.45) is 0 Å². The summed E-state index contributed by atoms with van der Waals surface area (Å²) >= 11 is 0. The van der Waals surface area contributed by atoms with Crippen molar-refractivity contribution >= 4 is 21.4 Å². The van der Waals surface area contributed by atoms with E-state index in [0.29, 0.717) is 18.0 Å². The summed E-state index contributed by atoms with van der Waals surface area (Å²) in [5, 5.41) is 10.8. The molecule has 8 heteroatoms. The first-order valence-electron chi connectivity index (χ1n) is 6.93. The fraction of sp³-hybridized carbons (Fsp3) is 0.125. The zero-order valence-corrected chi connectivity index (χ0v) is 13.8. The summed E-state index contributed by atoms with van der Waals surface area (Å²) in [5.41, 5.74) is 0.130. The normalized spacial score (nSPS) is 10.9. The quantitative estimate of drug-likeness (QED) is 0.436. The number of nitro groups is 1. The summed E-state index contributed by atoms with van der Waals surface area (Å²) in [6.45, 7) is 3.89. The van der Waals surface area contributed by atoms with Gasteiger partial charge in [-0.2, -0.15) is 0 Å². The zero-order chi connectivity index (χ0) is 17.7. The molecule has 7 nitrogen and oxygen atoms in total. The summed E-state index contributed by atoms with van der Waals surface area (Å²) in [5.74, 6) is 0.583. The maximum Gasteiger partial charge on any atom is 0.270 e. The van der Waals surface area contributed by atoms with Gasteiger partial charge >= 0.3 is 0 Å². The van der Waals surface area contributed by atoms with Crippen molar-refractivity contribution in [3.63, 3.8) is 0 Å². The van der Waals surface area contributed by atoms with Crippen LogP contribution in [0.3, 0.4) is 0 Å². The van der Waals surface area contributed by atoms with Crippen LogP contribution in [-0.4, -0.2) is 27.0 Å². The fourth-order valence-electron chi connectivity index (χ4n) is 1.96. The fourth-order valence-corrected chi connectivity index (χ4v) is 3.20. The van der Waals surface area contributed by atoms with Crippen LogP contribution in [0.2, 0.25) is 0 Å². The molecule has 2 aromatic rings. The highest BCUT2D eigenvalue weighted by atomic mass is 32.2. The van der Waals surface area contributed by atoms with Crippen LogP contribution in [0.1, 0.15) is 0 Å². The van der Waals surface area contributed by atoms with Crippen LogP contribution >= 0.6 is 0 Å². The van der Waals surface area contributed by atoms with E-state index in [0.717, 1.165) is 10.4 Å². The first-order valence-corrected chi connectivity index (χ1v) is 8.37. The Bertz CT molecular complexity index is 847. The van der Waals surface area contributed by atoms with Gasteiger partial charge in [0.1, 0.15) is 12.4 Å². The molecule has 0 aliphatic carbocycles. The van der Waals surface area contributed by atoms with E-state index in [-0.39, 0.29) is 10.6 Å². The predicted molar refractivity (Wildman–Crippen MR) is 90.8 cm³/mol. The highest BCUT2D eigenvalue weighted by Gasteiger charge is 2.23. The van der Waals surface area contributed by atoms with Crippen LogP contribution in [-0.2, 0) is 10.0 Å². The molecule has 126 valence electrons. The first kappa shape index (κ1) is 17.5. The van der Waals surface area contributed by atoms with Gasteiger partial charge in [0.25, 0.3) is 15.7 Å². The Balaban J connectivity index is 2.30. The third-order valence-corrected chi connectivity index (χ3v) is 5.04. The zero-order valence-electron chi connectivity index (χ0n) is 13.0. The summed E-state index contributed by atoms with van der Waals surface area (Å²) in [6.07, 6.45) is 1.60. The van der Waals surface area contributed by atoms with E-state index in [4.69, 9.17) is 4.74 Å². The van der Waals surface area contributed by atoms with Crippen molar-refractivity contribution < 1.29 is 18.1 Å². The van der Waals surface area contributed by atoms with Crippen molar-refractivity contribution in [2.75, 3.05) is 18.0 Å². The molecule has 0 radical (unpaired) electrons. The van der Waals surface area contributed by atoms with Crippen molar-refractivity contribution in [3.05, 3.63) is 71.3 Å². The van der Waals surface area contributed by atoms with Gasteiger partial charge in [0, 0.05) is 19.2 Å². The number of ether oxygens (including phenoxy) is 1. The molecule has 2 rings (SSSR count). The largest absolute Gasteiger partial charge is 0.490 e. The lowest BCUT2D eigenvalue weighted by Gasteiger charge is -2.19. The van der Waals surface area contributed by atoms with Gasteiger partial charge in [-0.25, -0.2) is 8.42 Å². The number of nitro benzene ring substituents is 1. The summed E-state index contributed by atoms with van der Waals surface area (Å²) < 4.78 is 31.6. The average Bonchev–Trinajstić information content (AvgIpc) is 2.59. The molecule has 0 saturated heterocycles. The van der Waals surface area contributed by atoms with Gasteiger partial charge in [-0.3, -0.25) is 14.4 Å². The van der Waals surface area contributed by atoms with E-state index >= 15 is 0 Å². The van der Waals surface area contributed by atoms with Crippen LogP contribution in [0.15, 0.2) is 66.1 Å². The van der Waals surface area contributed by atoms with Crippen LogP contribution < -0.4 is 9.04 Å². The second-order valence-electron chi connectivity index (χ2n) is 4.82. The van der Waals surface area contributed by atoms with Gasteiger partial charge in [0.05, 0.1) is 15.5 Å². The number of sulfonamides is 1. The van der Waals surface area contributed by atoms with E-state index < -0.39 is 14.9 Å². The predicted octanol–water partition coefficient (Wildman–Crippen LogP) is 2.98. The molecule has 0 fully saturated rings. The van der Waals surface area contributed by atoms with Gasteiger partial charge in [-0.15, -0.1) is 0 Å². The molecular formula is C16H16N2O5S. The van der Waals surface area contributed by atoms with Gasteiger partial charge in [0.2, 0.25) is 0 Å². The van der Waals surface area contributed by atoms with E-state index in [2.05, 4.69) is 6.58 Å². The van der Waals surface area contributed by atoms with Crippen LogP contribution in [0.25, 0.3) is 0 Å². The van der Waals surface area contributed by atoms with Gasteiger partial charge in [-0.05, 0) is 30.3 Å². The number of rotatable bonds is 7. The lowest BCUT2D eigenvalue weighted by Crippen LogP contribution is -2.26. The summed E-state index contributed by atoms with van der Waals surface area (Å²) in [4.78, 5) is 10.0. The van der Waals surface area contributed by atoms with E-state index in [1.54, 1.807) is 30.3 Å². The Hall–Kier alpha value is -2.87. The second-order valence-corrected chi connectivity index (χ2v) is 6.79. The monoisotopic (exact) mass is 348 g/mol. The van der Waals surface area contributed by atoms with Crippen molar-refractivity contribution in [2.45, 2.75) is 4.90 Å². The molecule has 0 spiro atoms. The second kappa shape index (κ2) is 7.14. The van der Waals surface area contributed by atoms with Gasteiger partial charge in [-0.1, -0.05) is 18.7 Å². The minimum Gasteiger partial charge on any atom is -0.490 e. The molecular weight excluding hydrogens is 332 g/mol. The molecule has 0 bridgehead atoms. The van der Waals surface area contributed by atoms with E-state index in [1.165, 1.54) is 25.2 Å². The SMILES string of the molecule is C=CCOc1ccc(N(C)S(=O)(=O)c2cccc([N+](=O)[O-])c2)cc1. The molecule has 2 aromatic carbocycles. The molecule has 24 heavy (non-hydrogen) atoms. The van der Waals surface area contributed by atoms with Crippen molar-refractivity contribution in [3.8, 4) is 5.75 Å². The number of hydrogen-bond donors (Lipinski definition) is 0. The number of nitrogens with zero attached hydrogens (tertiary/aromatic N) is 2. The Morgan fingerprint density at radius 1 is 1.25 bits per heavy atom. The Labute approximate surface area is 140 Å². The van der Waals surface area contributed by atoms with Gasteiger partial charge in [0.15, 0.2) is 0 Å². The highest BCUT2D eigenvalue weighted by molar-refractivity contribution is 7.92. The highest BCUT2D eigenvalue weighted by Crippen LogP contribution is 2.26. The molecule has 0 saturated carbocycles. The molecule has 0 aliphatic rings. The number of benzene rings is 2. The lowest BCUT2D eigenvalue weighted by molar-refractivity contribution is -0.385. The smallest absolute Gasteiger partial charge is 0.270 e. The molecule has 0 amide bonds. The molecule has 0 aromatic heterocycles. The molecule has 0 unspecified atom stereocenters. The first-order chi connectivity index (χ1) is 11.4. The Morgan fingerprint density at radius 3 is 2.50 bits per heavy atom. The van der Waals surface area contributed by atoms with Crippen molar-refractivity contribution in [1.29, 1.82) is 0 Å². The maximum absolute atomic E-state index is 12.6. The number of anilines is 1. The molecule has 0 aliphatic heterocycles. The van der Waals surface area contributed by atoms with E-state index in [9.17, 15) is 18.5 Å². The molecule has 0 atom stereocenters. The Morgan fingerprint density at radius 2 is 1.92 bits per heavy atom. The third-order valence-electron chi connectivity index (χ3n) is 3.26. The van der Waals surface area contributed by atoms with Crippen LogP contribution in [0.5, 0.6) is 5.75 Å². The minimum absolute atomic E-state index is 0.147. The third kappa shape index (κ3) is 3.72. The van der Waals surface area contributed by atoms with Crippen LogP contribution in [0.4, 0.5) is 11.4 Å². The topological polar surface area (TPSA) is 89.8 Å². The number of hydrogen-bond acceptors (Lipinski definition) is 5. The average molecular weight is 348 g/mol.